The van der Waals surface area contributed by atoms with Crippen LogP contribution in [0.4, 0.5) is 10.1 Å². The number of carbonyl (C=O) groups is 2. The number of fused-ring (bicyclic) bond motifs is 1. The zero-order valence-corrected chi connectivity index (χ0v) is 25.6. The lowest BCUT2D eigenvalue weighted by Crippen LogP contribution is -2.40. The summed E-state index contributed by atoms with van der Waals surface area (Å²) in [6, 6.07) is 19.2. The van der Waals surface area contributed by atoms with Crippen LogP contribution >= 0.6 is 11.3 Å². The van der Waals surface area contributed by atoms with Crippen LogP contribution < -0.4 is 29.7 Å². The first kappa shape index (κ1) is 30.0. The van der Waals surface area contributed by atoms with Gasteiger partial charge in [-0.05, 0) is 73.4 Å². The van der Waals surface area contributed by atoms with Gasteiger partial charge in [0.1, 0.15) is 5.82 Å². The van der Waals surface area contributed by atoms with Gasteiger partial charge >= 0.3 is 0 Å². The predicted molar refractivity (Wildman–Crippen MR) is 170 cm³/mol. The second-order valence-corrected chi connectivity index (χ2v) is 11.7. The third kappa shape index (κ3) is 6.30. The van der Waals surface area contributed by atoms with Crippen LogP contribution in [0.3, 0.4) is 0 Å². The number of anilines is 1. The highest BCUT2D eigenvalue weighted by molar-refractivity contribution is 7.07. The molecule has 0 unspecified atom stereocenters. The molecule has 2 aliphatic rings. The monoisotopic (exact) mass is 626 g/mol. The standard InChI is InChI=1S/C34H31FN4O5S/c1-21-30(32(41)37-25-8-4-3-5-9-25)31(23-11-13-24(35)14-12-23)39-33(42)28(45-34(39)36-21)19-22-10-15-26(27(18-22)43-2)44-20-29(40)38-16-6-7-17-38/h3-5,8-15,18-19,31H,6-7,16-17,20H2,1-2H3,(H,37,41)/b28-19+/t31-/m1/s1. The van der Waals surface area contributed by atoms with Gasteiger partial charge in [0, 0.05) is 18.8 Å². The van der Waals surface area contributed by atoms with Crippen molar-refractivity contribution in [3.8, 4) is 11.5 Å². The molecule has 4 aromatic rings. The summed E-state index contributed by atoms with van der Waals surface area (Å²) in [5.74, 6) is -0.0589. The first-order valence-electron chi connectivity index (χ1n) is 14.6. The van der Waals surface area contributed by atoms with Gasteiger partial charge in [-0.2, -0.15) is 0 Å². The fraction of sp³-hybridized carbons (Fsp3) is 0.235. The van der Waals surface area contributed by atoms with E-state index in [1.165, 1.54) is 35.1 Å². The van der Waals surface area contributed by atoms with Gasteiger partial charge < -0.3 is 19.7 Å². The Morgan fingerprint density at radius 3 is 2.49 bits per heavy atom. The topological polar surface area (TPSA) is 102 Å². The molecule has 230 valence electrons. The molecule has 0 aliphatic carbocycles. The number of rotatable bonds is 8. The van der Waals surface area contributed by atoms with Crippen molar-refractivity contribution in [2.75, 3.05) is 32.1 Å². The summed E-state index contributed by atoms with van der Waals surface area (Å²) in [4.78, 5) is 46.9. The van der Waals surface area contributed by atoms with E-state index in [4.69, 9.17) is 9.47 Å². The minimum atomic E-state index is -0.828. The number of ether oxygens (including phenoxy) is 2. The lowest BCUT2D eigenvalue weighted by atomic mass is 9.95. The van der Waals surface area contributed by atoms with E-state index in [9.17, 15) is 18.8 Å². The lowest BCUT2D eigenvalue weighted by molar-refractivity contribution is -0.132. The maximum absolute atomic E-state index is 14.0. The Morgan fingerprint density at radius 2 is 1.78 bits per heavy atom. The number of para-hydroxylation sites is 1. The van der Waals surface area contributed by atoms with E-state index in [1.807, 2.05) is 18.2 Å². The van der Waals surface area contributed by atoms with Gasteiger partial charge in [-0.25, -0.2) is 9.38 Å². The number of hydrogen-bond donors (Lipinski definition) is 1. The molecule has 0 bridgehead atoms. The summed E-state index contributed by atoms with van der Waals surface area (Å²) in [6.45, 7) is 3.13. The number of halogens is 1. The molecular formula is C34H31FN4O5S. The number of nitrogens with zero attached hydrogens (tertiary/aromatic N) is 3. The molecule has 11 heteroatoms. The van der Waals surface area contributed by atoms with Crippen molar-refractivity contribution < 1.29 is 23.5 Å². The Hall–Kier alpha value is -5.03. The third-order valence-electron chi connectivity index (χ3n) is 7.78. The first-order valence-corrected chi connectivity index (χ1v) is 15.4. The van der Waals surface area contributed by atoms with E-state index in [1.54, 1.807) is 60.4 Å². The molecule has 6 rings (SSSR count). The number of methoxy groups -OCH3 is 1. The van der Waals surface area contributed by atoms with Crippen LogP contribution in [-0.4, -0.2) is 48.1 Å². The van der Waals surface area contributed by atoms with Crippen molar-refractivity contribution in [2.24, 2.45) is 4.99 Å². The molecule has 3 heterocycles. The number of allylic oxidation sites excluding steroid dienone is 1. The molecule has 9 nitrogen and oxygen atoms in total. The quantitative estimate of drug-likeness (QED) is 0.319. The number of aromatic nitrogens is 1. The second kappa shape index (κ2) is 12.9. The van der Waals surface area contributed by atoms with Crippen LogP contribution in [0.5, 0.6) is 11.5 Å². The summed E-state index contributed by atoms with van der Waals surface area (Å²) >= 11 is 1.19. The number of amides is 2. The Kier molecular flexibility index (Phi) is 8.61. The van der Waals surface area contributed by atoms with Crippen molar-refractivity contribution in [2.45, 2.75) is 25.8 Å². The molecule has 0 spiro atoms. The molecule has 3 aromatic carbocycles. The molecule has 1 atom stereocenters. The highest BCUT2D eigenvalue weighted by Crippen LogP contribution is 2.31. The number of carbonyl (C=O) groups excluding carboxylic acids is 2. The average molecular weight is 627 g/mol. The smallest absolute Gasteiger partial charge is 0.271 e. The second-order valence-electron chi connectivity index (χ2n) is 10.7. The highest BCUT2D eigenvalue weighted by atomic mass is 32.1. The van der Waals surface area contributed by atoms with Gasteiger partial charge in [0.05, 0.1) is 29.0 Å². The van der Waals surface area contributed by atoms with E-state index >= 15 is 0 Å². The van der Waals surface area contributed by atoms with Gasteiger partial charge in [-0.15, -0.1) is 0 Å². The summed E-state index contributed by atoms with van der Waals surface area (Å²) in [5.41, 5.74) is 2.24. The number of nitrogens with one attached hydrogen (secondary N) is 1. The van der Waals surface area contributed by atoms with E-state index < -0.39 is 17.8 Å². The Bertz CT molecular complexity index is 1960. The molecule has 1 saturated heterocycles. The highest BCUT2D eigenvalue weighted by Gasteiger charge is 2.32. The van der Waals surface area contributed by atoms with Crippen LogP contribution in [0.2, 0.25) is 0 Å². The largest absolute Gasteiger partial charge is 0.493 e. The Labute approximate surface area is 262 Å². The molecule has 1 aromatic heterocycles. The third-order valence-corrected chi connectivity index (χ3v) is 8.76. The normalized spacial score (nSPS) is 16.3. The molecule has 0 saturated carbocycles. The van der Waals surface area contributed by atoms with Crippen molar-refractivity contribution in [1.29, 1.82) is 0 Å². The zero-order valence-electron chi connectivity index (χ0n) is 24.8. The van der Waals surface area contributed by atoms with Crippen molar-refractivity contribution >= 4 is 34.9 Å². The zero-order chi connectivity index (χ0) is 31.5. The Morgan fingerprint density at radius 1 is 1.04 bits per heavy atom. The van der Waals surface area contributed by atoms with Crippen molar-refractivity contribution in [3.63, 3.8) is 0 Å². The van der Waals surface area contributed by atoms with Crippen LogP contribution in [-0.2, 0) is 9.59 Å². The minimum Gasteiger partial charge on any atom is -0.493 e. The minimum absolute atomic E-state index is 0.0671. The van der Waals surface area contributed by atoms with E-state index in [0.29, 0.717) is 43.3 Å². The Balaban J connectivity index is 1.35. The summed E-state index contributed by atoms with van der Waals surface area (Å²) < 4.78 is 27.1. The molecular weight excluding hydrogens is 595 g/mol. The molecule has 2 aliphatic heterocycles. The predicted octanol–water partition coefficient (Wildman–Crippen LogP) is 4.02. The molecule has 2 amide bonds. The number of thiazole rings is 1. The van der Waals surface area contributed by atoms with Crippen LogP contribution in [0.15, 0.2) is 93.9 Å². The number of hydrogen-bond acceptors (Lipinski definition) is 7. The summed E-state index contributed by atoms with van der Waals surface area (Å²) in [6.07, 6.45) is 3.72. The molecule has 1 fully saturated rings. The van der Waals surface area contributed by atoms with Crippen molar-refractivity contribution in [1.82, 2.24) is 9.47 Å². The van der Waals surface area contributed by atoms with Gasteiger partial charge in [-0.3, -0.25) is 19.0 Å². The molecule has 1 N–H and O–H groups in total. The fourth-order valence-electron chi connectivity index (χ4n) is 5.53. The maximum atomic E-state index is 14.0. The van der Waals surface area contributed by atoms with Crippen LogP contribution in [0, 0.1) is 5.82 Å². The average Bonchev–Trinajstić information content (AvgIpc) is 3.69. The van der Waals surface area contributed by atoms with Gasteiger partial charge in [0.2, 0.25) is 0 Å². The van der Waals surface area contributed by atoms with Crippen LogP contribution in [0.25, 0.3) is 6.08 Å². The lowest BCUT2D eigenvalue weighted by Gasteiger charge is -2.25. The number of benzene rings is 3. The van der Waals surface area contributed by atoms with E-state index in [2.05, 4.69) is 10.3 Å². The van der Waals surface area contributed by atoms with Gasteiger partial charge in [0.15, 0.2) is 22.9 Å². The summed E-state index contributed by atoms with van der Waals surface area (Å²) in [5, 5.41) is 2.90. The fourth-order valence-corrected chi connectivity index (χ4v) is 6.58. The first-order chi connectivity index (χ1) is 21.8. The molecule has 45 heavy (non-hydrogen) atoms. The number of likely N-dealkylation sites (tertiary alicyclic amines) is 1. The van der Waals surface area contributed by atoms with Gasteiger partial charge in [0.25, 0.3) is 17.4 Å². The maximum Gasteiger partial charge on any atom is 0.271 e. The summed E-state index contributed by atoms with van der Waals surface area (Å²) in [7, 11) is 1.51. The van der Waals surface area contributed by atoms with Crippen LogP contribution in [0.1, 0.15) is 36.9 Å². The molecule has 0 radical (unpaired) electrons. The SMILES string of the molecule is COc1cc(/C=c2/sc3n(c2=O)[C@H](c2ccc(F)cc2)C(C(=O)Nc2ccccc2)=C(C)N=3)ccc1OCC(=O)N1CCCC1. The van der Waals surface area contributed by atoms with Gasteiger partial charge in [-0.1, -0.05) is 47.7 Å². The van der Waals surface area contributed by atoms with E-state index in [0.717, 1.165) is 25.9 Å². The van der Waals surface area contributed by atoms with E-state index in [-0.39, 0.29) is 23.6 Å². The van der Waals surface area contributed by atoms with Crippen molar-refractivity contribution in [3.05, 3.63) is 121 Å².